The predicted molar refractivity (Wildman–Crippen MR) is 78.9 cm³/mol. The number of amides is 1. The molecule has 2 rings (SSSR count). The lowest BCUT2D eigenvalue weighted by Crippen LogP contribution is -2.27. The van der Waals surface area contributed by atoms with Gasteiger partial charge in [0.15, 0.2) is 0 Å². The maximum atomic E-state index is 11.7. The van der Waals surface area contributed by atoms with Crippen molar-refractivity contribution in [3.8, 4) is 0 Å². The van der Waals surface area contributed by atoms with Crippen LogP contribution in [0.5, 0.6) is 0 Å². The molecular formula is C17H25NO. The third kappa shape index (κ3) is 3.17. The van der Waals surface area contributed by atoms with Crippen LogP contribution in [0.4, 0.5) is 0 Å². The van der Waals surface area contributed by atoms with Crippen molar-refractivity contribution in [2.75, 3.05) is 6.54 Å². The molecule has 2 nitrogen and oxygen atoms in total. The molecule has 0 bridgehead atoms. The molecule has 0 saturated heterocycles. The van der Waals surface area contributed by atoms with E-state index in [0.717, 1.165) is 6.54 Å². The summed E-state index contributed by atoms with van der Waals surface area (Å²) in [7, 11) is 0. The van der Waals surface area contributed by atoms with Crippen LogP contribution >= 0.6 is 0 Å². The average molecular weight is 259 g/mol. The molecular weight excluding hydrogens is 234 g/mol. The maximum absolute atomic E-state index is 11.7. The van der Waals surface area contributed by atoms with Gasteiger partial charge in [-0.2, -0.15) is 0 Å². The van der Waals surface area contributed by atoms with Crippen LogP contribution < -0.4 is 5.32 Å². The highest BCUT2D eigenvalue weighted by atomic mass is 16.1. The maximum Gasteiger partial charge on any atom is 0.220 e. The normalized spacial score (nSPS) is 24.3. The van der Waals surface area contributed by atoms with E-state index in [9.17, 15) is 4.79 Å². The van der Waals surface area contributed by atoms with E-state index in [1.807, 2.05) is 0 Å². The highest BCUT2D eigenvalue weighted by Crippen LogP contribution is 2.63. The van der Waals surface area contributed by atoms with Gasteiger partial charge in [-0.1, -0.05) is 58.0 Å². The molecule has 1 fully saturated rings. The van der Waals surface area contributed by atoms with Crippen molar-refractivity contribution >= 4 is 5.91 Å². The van der Waals surface area contributed by atoms with E-state index in [1.54, 1.807) is 0 Å². The topological polar surface area (TPSA) is 29.1 Å². The number of benzene rings is 1. The molecule has 0 spiro atoms. The third-order valence-electron chi connectivity index (χ3n) is 4.32. The SMILES string of the molecule is CC(C)CC(=O)NC[C@@H]1[C@H](c2ccccc2)C1(C)C. The third-order valence-corrected chi connectivity index (χ3v) is 4.32. The summed E-state index contributed by atoms with van der Waals surface area (Å²) in [6.45, 7) is 9.55. The van der Waals surface area contributed by atoms with Gasteiger partial charge in [-0.3, -0.25) is 4.79 Å². The lowest BCUT2D eigenvalue weighted by atomic mass is 10.0. The highest BCUT2D eigenvalue weighted by Gasteiger charge is 2.57. The minimum Gasteiger partial charge on any atom is -0.356 e. The molecule has 0 aromatic heterocycles. The van der Waals surface area contributed by atoms with Crippen LogP contribution in [-0.4, -0.2) is 12.5 Å². The first-order chi connectivity index (χ1) is 8.93. The van der Waals surface area contributed by atoms with Crippen LogP contribution in [0.3, 0.4) is 0 Å². The first-order valence-corrected chi connectivity index (χ1v) is 7.24. The van der Waals surface area contributed by atoms with Crippen LogP contribution in [0.15, 0.2) is 30.3 Å². The summed E-state index contributed by atoms with van der Waals surface area (Å²) >= 11 is 0. The van der Waals surface area contributed by atoms with Crippen molar-refractivity contribution in [1.29, 1.82) is 0 Å². The van der Waals surface area contributed by atoms with E-state index >= 15 is 0 Å². The first-order valence-electron chi connectivity index (χ1n) is 7.24. The molecule has 0 heterocycles. The van der Waals surface area contributed by atoms with Crippen LogP contribution in [0.25, 0.3) is 0 Å². The Morgan fingerprint density at radius 1 is 1.26 bits per heavy atom. The molecule has 19 heavy (non-hydrogen) atoms. The van der Waals surface area contributed by atoms with Gasteiger partial charge in [0.05, 0.1) is 0 Å². The smallest absolute Gasteiger partial charge is 0.220 e. The molecule has 1 aliphatic rings. The molecule has 1 amide bonds. The van der Waals surface area contributed by atoms with Gasteiger partial charge in [-0.25, -0.2) is 0 Å². The molecule has 0 unspecified atom stereocenters. The number of carbonyl (C=O) groups is 1. The molecule has 104 valence electrons. The molecule has 1 saturated carbocycles. The van der Waals surface area contributed by atoms with Gasteiger partial charge in [0.25, 0.3) is 0 Å². The van der Waals surface area contributed by atoms with E-state index in [4.69, 9.17) is 0 Å². The van der Waals surface area contributed by atoms with E-state index in [0.29, 0.717) is 29.6 Å². The molecule has 1 aromatic rings. The van der Waals surface area contributed by atoms with Gasteiger partial charge in [-0.05, 0) is 28.7 Å². The highest BCUT2D eigenvalue weighted by molar-refractivity contribution is 5.76. The second-order valence-electron chi connectivity index (χ2n) is 6.72. The molecule has 2 heteroatoms. The second-order valence-corrected chi connectivity index (χ2v) is 6.72. The summed E-state index contributed by atoms with van der Waals surface area (Å²) in [5.41, 5.74) is 1.70. The molecule has 1 aromatic carbocycles. The summed E-state index contributed by atoms with van der Waals surface area (Å²) in [5.74, 6) is 1.75. The van der Waals surface area contributed by atoms with E-state index < -0.39 is 0 Å². The van der Waals surface area contributed by atoms with E-state index in [-0.39, 0.29) is 5.91 Å². The minimum absolute atomic E-state index is 0.185. The summed E-state index contributed by atoms with van der Waals surface area (Å²) in [5, 5.41) is 3.09. The Bertz CT molecular complexity index is 436. The van der Waals surface area contributed by atoms with Gasteiger partial charge in [0, 0.05) is 13.0 Å². The lowest BCUT2D eigenvalue weighted by molar-refractivity contribution is -0.121. The zero-order valence-corrected chi connectivity index (χ0v) is 12.4. The summed E-state index contributed by atoms with van der Waals surface area (Å²) in [6.07, 6.45) is 0.628. The Labute approximate surface area is 116 Å². The number of hydrogen-bond acceptors (Lipinski definition) is 1. The van der Waals surface area contributed by atoms with Crippen molar-refractivity contribution in [2.45, 2.75) is 40.0 Å². The van der Waals surface area contributed by atoms with Crippen molar-refractivity contribution in [1.82, 2.24) is 5.32 Å². The Balaban J connectivity index is 1.90. The van der Waals surface area contributed by atoms with Crippen LogP contribution in [0, 0.1) is 17.3 Å². The molecule has 2 atom stereocenters. The van der Waals surface area contributed by atoms with Gasteiger partial charge >= 0.3 is 0 Å². The minimum atomic E-state index is 0.185. The van der Waals surface area contributed by atoms with Gasteiger partial charge in [0.1, 0.15) is 0 Å². The number of nitrogens with one attached hydrogen (secondary N) is 1. The fourth-order valence-corrected chi connectivity index (χ4v) is 3.11. The Morgan fingerprint density at radius 2 is 1.89 bits per heavy atom. The standard InChI is InChI=1S/C17H25NO/c1-12(2)10-15(19)18-11-14-16(17(14,3)4)13-8-6-5-7-9-13/h5-9,12,14,16H,10-11H2,1-4H3,(H,18,19)/t14-,16+/m1/s1. The van der Waals surface area contributed by atoms with Crippen molar-refractivity contribution in [2.24, 2.45) is 17.3 Å². The summed E-state index contributed by atoms with van der Waals surface area (Å²) in [6, 6.07) is 10.6. The summed E-state index contributed by atoms with van der Waals surface area (Å²) < 4.78 is 0. The number of hydrogen-bond donors (Lipinski definition) is 1. The zero-order valence-electron chi connectivity index (χ0n) is 12.4. The fraction of sp³-hybridized carbons (Fsp3) is 0.588. The molecule has 0 radical (unpaired) electrons. The monoisotopic (exact) mass is 259 g/mol. The molecule has 1 N–H and O–H groups in total. The quantitative estimate of drug-likeness (QED) is 0.860. The fourth-order valence-electron chi connectivity index (χ4n) is 3.11. The zero-order chi connectivity index (χ0) is 14.0. The van der Waals surface area contributed by atoms with E-state index in [2.05, 4.69) is 63.3 Å². The van der Waals surface area contributed by atoms with Crippen molar-refractivity contribution in [3.63, 3.8) is 0 Å². The predicted octanol–water partition coefficient (Wildman–Crippen LogP) is 3.59. The lowest BCUT2D eigenvalue weighted by Gasteiger charge is -2.07. The van der Waals surface area contributed by atoms with Gasteiger partial charge in [0.2, 0.25) is 5.91 Å². The number of carbonyl (C=O) groups excluding carboxylic acids is 1. The molecule has 0 aliphatic heterocycles. The Hall–Kier alpha value is -1.31. The molecule has 1 aliphatic carbocycles. The summed E-state index contributed by atoms with van der Waals surface area (Å²) in [4.78, 5) is 11.7. The van der Waals surface area contributed by atoms with Crippen molar-refractivity contribution < 1.29 is 4.79 Å². The van der Waals surface area contributed by atoms with Gasteiger partial charge in [-0.15, -0.1) is 0 Å². The van der Waals surface area contributed by atoms with Crippen LogP contribution in [-0.2, 0) is 4.79 Å². The Morgan fingerprint density at radius 3 is 2.47 bits per heavy atom. The second kappa shape index (κ2) is 5.36. The van der Waals surface area contributed by atoms with Crippen LogP contribution in [0.2, 0.25) is 0 Å². The Kier molecular flexibility index (Phi) is 3.98. The van der Waals surface area contributed by atoms with Gasteiger partial charge < -0.3 is 5.32 Å². The largest absolute Gasteiger partial charge is 0.356 e. The van der Waals surface area contributed by atoms with Crippen LogP contribution in [0.1, 0.15) is 45.6 Å². The average Bonchev–Trinajstić information content (AvgIpc) is 2.89. The first kappa shape index (κ1) is 14.1. The number of rotatable bonds is 5. The van der Waals surface area contributed by atoms with Crippen molar-refractivity contribution in [3.05, 3.63) is 35.9 Å². The van der Waals surface area contributed by atoms with E-state index in [1.165, 1.54) is 5.56 Å².